The van der Waals surface area contributed by atoms with Gasteiger partial charge in [-0.15, -0.1) is 0 Å². The van der Waals surface area contributed by atoms with Gasteiger partial charge in [-0.3, -0.25) is 9.59 Å². The number of rotatable bonds is 9. The van der Waals surface area contributed by atoms with Gasteiger partial charge < -0.3 is 19.6 Å². The SMILES string of the molecule is COc1ccc(CC(=O)NCC(=O)N/N=C/c2ccc(-c3ccccc3C(=O)O)o2)cc1. The molecule has 3 rings (SSSR count). The zero-order chi connectivity index (χ0) is 22.9. The third kappa shape index (κ3) is 6.05. The summed E-state index contributed by atoms with van der Waals surface area (Å²) in [5.41, 5.74) is 3.63. The number of methoxy groups -OCH3 is 1. The van der Waals surface area contributed by atoms with E-state index in [0.717, 1.165) is 5.56 Å². The minimum absolute atomic E-state index is 0.115. The van der Waals surface area contributed by atoms with Crippen LogP contribution in [0.2, 0.25) is 0 Å². The summed E-state index contributed by atoms with van der Waals surface area (Å²) in [7, 11) is 1.56. The maximum absolute atomic E-state index is 12.0. The number of carbonyl (C=O) groups excluding carboxylic acids is 2. The molecular weight excluding hydrogens is 414 g/mol. The average Bonchev–Trinajstić information content (AvgIpc) is 3.27. The number of amides is 2. The quantitative estimate of drug-likeness (QED) is 0.350. The molecule has 0 spiro atoms. The summed E-state index contributed by atoms with van der Waals surface area (Å²) in [5.74, 6) is -0.491. The van der Waals surface area contributed by atoms with E-state index >= 15 is 0 Å². The van der Waals surface area contributed by atoms with Gasteiger partial charge in [-0.1, -0.05) is 30.3 Å². The zero-order valence-corrected chi connectivity index (χ0v) is 17.2. The normalized spacial score (nSPS) is 10.7. The Morgan fingerprint density at radius 3 is 2.50 bits per heavy atom. The van der Waals surface area contributed by atoms with Crippen molar-refractivity contribution in [3.63, 3.8) is 0 Å². The summed E-state index contributed by atoms with van der Waals surface area (Å²) in [6.45, 7) is -0.234. The number of aromatic carboxylic acids is 1. The van der Waals surface area contributed by atoms with Crippen LogP contribution in [0.1, 0.15) is 21.7 Å². The lowest BCUT2D eigenvalue weighted by Gasteiger charge is -2.05. The van der Waals surface area contributed by atoms with E-state index in [0.29, 0.717) is 22.8 Å². The lowest BCUT2D eigenvalue weighted by molar-refractivity contribution is -0.125. The number of carboxylic acids is 1. The molecule has 1 aromatic heterocycles. The van der Waals surface area contributed by atoms with Gasteiger partial charge in [0.1, 0.15) is 17.3 Å². The number of hydrazone groups is 1. The number of furan rings is 1. The van der Waals surface area contributed by atoms with E-state index in [1.54, 1.807) is 61.7 Å². The molecule has 0 aliphatic heterocycles. The smallest absolute Gasteiger partial charge is 0.336 e. The molecule has 9 nitrogen and oxygen atoms in total. The third-order valence-corrected chi connectivity index (χ3v) is 4.40. The van der Waals surface area contributed by atoms with E-state index in [4.69, 9.17) is 9.15 Å². The summed E-state index contributed by atoms with van der Waals surface area (Å²) < 4.78 is 10.6. The van der Waals surface area contributed by atoms with Gasteiger partial charge in [-0.25, -0.2) is 10.2 Å². The summed E-state index contributed by atoms with van der Waals surface area (Å²) in [4.78, 5) is 35.2. The molecule has 0 atom stereocenters. The molecule has 3 aromatic rings. The second-order valence-electron chi connectivity index (χ2n) is 6.65. The molecule has 0 aliphatic carbocycles. The Morgan fingerprint density at radius 1 is 1.03 bits per heavy atom. The summed E-state index contributed by atoms with van der Waals surface area (Å²) in [6.07, 6.45) is 1.41. The van der Waals surface area contributed by atoms with Crippen LogP contribution >= 0.6 is 0 Å². The van der Waals surface area contributed by atoms with Crippen molar-refractivity contribution in [3.8, 4) is 17.1 Å². The number of carboxylic acid groups (broad SMARTS) is 1. The van der Waals surface area contributed by atoms with Crippen molar-refractivity contribution >= 4 is 24.0 Å². The van der Waals surface area contributed by atoms with Gasteiger partial charge in [0.25, 0.3) is 5.91 Å². The first-order chi connectivity index (χ1) is 15.5. The maximum atomic E-state index is 12.0. The summed E-state index contributed by atoms with van der Waals surface area (Å²) in [5, 5.41) is 15.6. The fraction of sp³-hybridized carbons (Fsp3) is 0.130. The zero-order valence-electron chi connectivity index (χ0n) is 17.2. The summed E-state index contributed by atoms with van der Waals surface area (Å²) in [6, 6.07) is 16.7. The van der Waals surface area contributed by atoms with Crippen LogP contribution in [0.15, 0.2) is 70.2 Å². The second-order valence-corrected chi connectivity index (χ2v) is 6.65. The molecule has 0 fully saturated rings. The van der Waals surface area contributed by atoms with E-state index in [9.17, 15) is 19.5 Å². The van der Waals surface area contributed by atoms with Crippen LogP contribution in [0.25, 0.3) is 11.3 Å². The number of nitrogens with one attached hydrogen (secondary N) is 2. The molecule has 0 saturated heterocycles. The van der Waals surface area contributed by atoms with Crippen LogP contribution in [0, 0.1) is 0 Å². The molecule has 1 heterocycles. The number of benzene rings is 2. The number of nitrogens with zero attached hydrogens (tertiary/aromatic N) is 1. The monoisotopic (exact) mass is 435 g/mol. The van der Waals surface area contributed by atoms with E-state index < -0.39 is 11.9 Å². The number of hydrogen-bond donors (Lipinski definition) is 3. The van der Waals surface area contributed by atoms with E-state index in [1.807, 2.05) is 0 Å². The van der Waals surface area contributed by atoms with Crippen LogP contribution in [-0.4, -0.2) is 42.8 Å². The van der Waals surface area contributed by atoms with Gasteiger partial charge >= 0.3 is 5.97 Å². The predicted octanol–water partition coefficient (Wildman–Crippen LogP) is 2.46. The topological polar surface area (TPSA) is 130 Å². The molecule has 0 unspecified atom stereocenters. The van der Waals surface area contributed by atoms with Crippen LogP contribution < -0.4 is 15.5 Å². The Kier molecular flexibility index (Phi) is 7.37. The number of hydrogen-bond acceptors (Lipinski definition) is 6. The number of ether oxygens (including phenoxy) is 1. The van der Waals surface area contributed by atoms with Crippen molar-refractivity contribution in [1.29, 1.82) is 0 Å². The van der Waals surface area contributed by atoms with Gasteiger partial charge in [0, 0.05) is 5.56 Å². The molecule has 0 saturated carbocycles. The van der Waals surface area contributed by atoms with Gasteiger partial charge in [0.15, 0.2) is 0 Å². The Bertz CT molecular complexity index is 1130. The number of carbonyl (C=O) groups is 3. The lowest BCUT2D eigenvalue weighted by atomic mass is 10.1. The predicted molar refractivity (Wildman–Crippen MR) is 117 cm³/mol. The van der Waals surface area contributed by atoms with Crippen LogP contribution in [0.4, 0.5) is 0 Å². The van der Waals surface area contributed by atoms with Crippen LogP contribution in [0.3, 0.4) is 0 Å². The van der Waals surface area contributed by atoms with Crippen molar-refractivity contribution in [2.45, 2.75) is 6.42 Å². The minimum Gasteiger partial charge on any atom is -0.497 e. The largest absolute Gasteiger partial charge is 0.497 e. The Balaban J connectivity index is 1.47. The van der Waals surface area contributed by atoms with Crippen molar-refractivity contribution in [3.05, 3.63) is 77.6 Å². The molecule has 9 heteroatoms. The van der Waals surface area contributed by atoms with Crippen LogP contribution in [-0.2, 0) is 16.0 Å². The molecule has 0 radical (unpaired) electrons. The average molecular weight is 435 g/mol. The van der Waals surface area contributed by atoms with Crippen molar-refractivity contribution < 1.29 is 28.6 Å². The molecular formula is C23H21N3O6. The highest BCUT2D eigenvalue weighted by molar-refractivity contribution is 5.95. The standard InChI is InChI=1S/C23H21N3O6/c1-31-16-8-6-15(7-9-16)12-21(27)24-14-22(28)26-25-13-17-10-11-20(32-17)18-4-2-3-5-19(18)23(29)30/h2-11,13H,12,14H2,1H3,(H,24,27)(H,26,28)(H,29,30)/b25-13+. The molecule has 0 aliphatic rings. The Morgan fingerprint density at radius 2 is 1.78 bits per heavy atom. The first-order valence-electron chi connectivity index (χ1n) is 9.60. The first kappa shape index (κ1) is 22.3. The Labute approximate surface area is 183 Å². The third-order valence-electron chi connectivity index (χ3n) is 4.40. The van der Waals surface area contributed by atoms with Crippen molar-refractivity contribution in [2.24, 2.45) is 5.10 Å². The van der Waals surface area contributed by atoms with Gasteiger partial charge in [0.2, 0.25) is 5.91 Å². The molecule has 32 heavy (non-hydrogen) atoms. The highest BCUT2D eigenvalue weighted by atomic mass is 16.5. The molecule has 0 bridgehead atoms. The van der Waals surface area contributed by atoms with Crippen molar-refractivity contribution in [1.82, 2.24) is 10.7 Å². The highest BCUT2D eigenvalue weighted by Crippen LogP contribution is 2.25. The van der Waals surface area contributed by atoms with E-state index in [-0.39, 0.29) is 24.4 Å². The molecule has 3 N–H and O–H groups in total. The first-order valence-corrected chi connectivity index (χ1v) is 9.60. The van der Waals surface area contributed by atoms with Crippen molar-refractivity contribution in [2.75, 3.05) is 13.7 Å². The fourth-order valence-electron chi connectivity index (χ4n) is 2.83. The highest BCUT2D eigenvalue weighted by Gasteiger charge is 2.13. The van der Waals surface area contributed by atoms with Gasteiger partial charge in [-0.2, -0.15) is 5.10 Å². The molecule has 2 aromatic carbocycles. The molecule has 164 valence electrons. The van der Waals surface area contributed by atoms with E-state index in [1.165, 1.54) is 12.3 Å². The Hall–Kier alpha value is -4.40. The maximum Gasteiger partial charge on any atom is 0.336 e. The minimum atomic E-state index is -1.06. The van der Waals surface area contributed by atoms with Gasteiger partial charge in [-0.05, 0) is 35.9 Å². The van der Waals surface area contributed by atoms with E-state index in [2.05, 4.69) is 15.8 Å². The summed E-state index contributed by atoms with van der Waals surface area (Å²) >= 11 is 0. The second kappa shape index (κ2) is 10.6. The molecule has 2 amide bonds. The van der Waals surface area contributed by atoms with Gasteiger partial charge in [0.05, 0.1) is 31.9 Å². The fourth-order valence-corrected chi connectivity index (χ4v) is 2.83. The lowest BCUT2D eigenvalue weighted by Crippen LogP contribution is -2.35. The van der Waals surface area contributed by atoms with Crippen LogP contribution in [0.5, 0.6) is 5.75 Å².